The third-order valence-electron chi connectivity index (χ3n) is 2.69. The van der Waals surface area contributed by atoms with E-state index in [-0.39, 0.29) is 6.61 Å². The normalized spacial score (nSPS) is 10.2. The van der Waals surface area contributed by atoms with E-state index in [0.717, 1.165) is 29.4 Å². The second-order valence-corrected chi connectivity index (χ2v) is 5.76. The molecule has 0 unspecified atom stereocenters. The lowest BCUT2D eigenvalue weighted by molar-refractivity contribution is 0.305. The standard InChI is InChI=1S/C16H23NO2S/c1-17(2)9-11-20-13-15-12-14(6-4-5-10-18)7-8-16(15)19-3/h7-8,12,18H,5,9-11,13H2,1-3H3. The molecule has 0 aromatic heterocycles. The van der Waals surface area contributed by atoms with Crippen LogP contribution in [-0.2, 0) is 5.75 Å². The highest BCUT2D eigenvalue weighted by Gasteiger charge is 2.04. The van der Waals surface area contributed by atoms with Crippen molar-refractivity contribution in [3.8, 4) is 17.6 Å². The molecule has 0 fully saturated rings. The van der Waals surface area contributed by atoms with E-state index in [1.54, 1.807) is 7.11 Å². The molecule has 110 valence electrons. The van der Waals surface area contributed by atoms with Crippen molar-refractivity contribution in [2.24, 2.45) is 0 Å². The van der Waals surface area contributed by atoms with E-state index in [2.05, 4.69) is 36.9 Å². The zero-order valence-corrected chi connectivity index (χ0v) is 13.3. The maximum Gasteiger partial charge on any atom is 0.122 e. The molecule has 3 nitrogen and oxygen atoms in total. The average Bonchev–Trinajstić information content (AvgIpc) is 2.44. The number of thioether (sulfide) groups is 1. The smallest absolute Gasteiger partial charge is 0.122 e. The van der Waals surface area contributed by atoms with Crippen molar-refractivity contribution in [2.45, 2.75) is 12.2 Å². The summed E-state index contributed by atoms with van der Waals surface area (Å²) in [5.41, 5.74) is 2.15. The van der Waals surface area contributed by atoms with E-state index in [9.17, 15) is 0 Å². The Balaban J connectivity index is 2.66. The summed E-state index contributed by atoms with van der Waals surface area (Å²) in [6, 6.07) is 5.99. The largest absolute Gasteiger partial charge is 0.496 e. The third-order valence-corrected chi connectivity index (χ3v) is 3.68. The van der Waals surface area contributed by atoms with Gasteiger partial charge in [0.1, 0.15) is 5.75 Å². The highest BCUT2D eigenvalue weighted by molar-refractivity contribution is 7.98. The molecule has 4 heteroatoms. The van der Waals surface area contributed by atoms with E-state index in [4.69, 9.17) is 9.84 Å². The number of hydrogen-bond acceptors (Lipinski definition) is 4. The Kier molecular flexibility index (Phi) is 8.20. The summed E-state index contributed by atoms with van der Waals surface area (Å²) in [7, 11) is 5.86. The summed E-state index contributed by atoms with van der Waals surface area (Å²) in [4.78, 5) is 2.18. The number of aliphatic hydroxyl groups excluding tert-OH is 1. The number of benzene rings is 1. The SMILES string of the molecule is COc1ccc(C#CCCO)cc1CSCCN(C)C. The van der Waals surface area contributed by atoms with E-state index in [1.807, 2.05) is 23.9 Å². The number of methoxy groups -OCH3 is 1. The minimum absolute atomic E-state index is 0.108. The molecule has 0 heterocycles. The van der Waals surface area contributed by atoms with Crippen LogP contribution in [0, 0.1) is 11.8 Å². The molecular formula is C16H23NO2S. The Morgan fingerprint density at radius 2 is 2.15 bits per heavy atom. The molecule has 1 rings (SSSR count). The van der Waals surface area contributed by atoms with Gasteiger partial charge in [0.05, 0.1) is 13.7 Å². The molecule has 0 radical (unpaired) electrons. The number of rotatable bonds is 7. The number of ether oxygens (including phenoxy) is 1. The van der Waals surface area contributed by atoms with Crippen molar-refractivity contribution in [3.05, 3.63) is 29.3 Å². The van der Waals surface area contributed by atoms with Crippen LogP contribution in [0.15, 0.2) is 18.2 Å². The fraction of sp³-hybridized carbons (Fsp3) is 0.500. The van der Waals surface area contributed by atoms with E-state index in [1.165, 1.54) is 5.56 Å². The van der Waals surface area contributed by atoms with Crippen molar-refractivity contribution in [2.75, 3.05) is 40.1 Å². The molecule has 0 saturated carbocycles. The minimum Gasteiger partial charge on any atom is -0.496 e. The van der Waals surface area contributed by atoms with Crippen LogP contribution < -0.4 is 4.74 Å². The summed E-state index contributed by atoms with van der Waals surface area (Å²) >= 11 is 1.89. The van der Waals surface area contributed by atoms with Crippen LogP contribution in [0.1, 0.15) is 17.5 Å². The van der Waals surface area contributed by atoms with Crippen molar-refractivity contribution in [1.29, 1.82) is 0 Å². The molecule has 0 amide bonds. The molecule has 0 bridgehead atoms. The summed E-state index contributed by atoms with van der Waals surface area (Å²) < 4.78 is 5.39. The van der Waals surface area contributed by atoms with Crippen LogP contribution in [-0.4, -0.2) is 50.1 Å². The predicted octanol–water partition coefficient (Wildman–Crippen LogP) is 2.22. The quantitative estimate of drug-likeness (QED) is 0.617. The summed E-state index contributed by atoms with van der Waals surface area (Å²) in [5.74, 6) is 8.94. The Bertz CT molecular complexity index is 463. The molecule has 20 heavy (non-hydrogen) atoms. The third kappa shape index (κ3) is 6.33. The summed E-state index contributed by atoms with van der Waals surface area (Å²) in [5, 5.41) is 8.74. The van der Waals surface area contributed by atoms with Gasteiger partial charge in [0.15, 0.2) is 0 Å². The zero-order valence-electron chi connectivity index (χ0n) is 12.5. The Labute approximate surface area is 126 Å². The highest BCUT2D eigenvalue weighted by atomic mass is 32.2. The van der Waals surface area contributed by atoms with Crippen molar-refractivity contribution < 1.29 is 9.84 Å². The fourth-order valence-electron chi connectivity index (χ4n) is 1.62. The molecule has 0 aliphatic rings. The first kappa shape index (κ1) is 16.9. The van der Waals surface area contributed by atoms with Gasteiger partial charge in [-0.2, -0.15) is 11.8 Å². The minimum atomic E-state index is 0.108. The molecule has 1 aromatic carbocycles. The van der Waals surface area contributed by atoms with Gasteiger partial charge < -0.3 is 14.7 Å². The first-order valence-electron chi connectivity index (χ1n) is 6.66. The fourth-order valence-corrected chi connectivity index (χ4v) is 2.70. The molecule has 0 aliphatic carbocycles. The topological polar surface area (TPSA) is 32.7 Å². The molecule has 0 aliphatic heterocycles. The van der Waals surface area contributed by atoms with E-state index < -0.39 is 0 Å². The molecule has 1 N–H and O–H groups in total. The van der Waals surface area contributed by atoms with Crippen LogP contribution in [0.3, 0.4) is 0 Å². The lowest BCUT2D eigenvalue weighted by Crippen LogP contribution is -2.14. The maximum atomic E-state index is 8.74. The van der Waals surface area contributed by atoms with Gasteiger partial charge in [0.2, 0.25) is 0 Å². The van der Waals surface area contributed by atoms with Crippen LogP contribution in [0.25, 0.3) is 0 Å². The number of nitrogens with zero attached hydrogens (tertiary/aromatic N) is 1. The van der Waals surface area contributed by atoms with Gasteiger partial charge in [0, 0.05) is 35.6 Å². The monoisotopic (exact) mass is 293 g/mol. The van der Waals surface area contributed by atoms with Crippen LogP contribution in [0.5, 0.6) is 5.75 Å². The molecule has 0 atom stereocenters. The first-order valence-corrected chi connectivity index (χ1v) is 7.82. The molecule has 0 saturated heterocycles. The van der Waals surface area contributed by atoms with Crippen molar-refractivity contribution >= 4 is 11.8 Å². The van der Waals surface area contributed by atoms with Gasteiger partial charge in [-0.3, -0.25) is 0 Å². The van der Waals surface area contributed by atoms with Crippen LogP contribution in [0.2, 0.25) is 0 Å². The van der Waals surface area contributed by atoms with Gasteiger partial charge in [-0.1, -0.05) is 11.8 Å². The Morgan fingerprint density at radius 3 is 2.80 bits per heavy atom. The Morgan fingerprint density at radius 1 is 1.35 bits per heavy atom. The van der Waals surface area contributed by atoms with E-state index >= 15 is 0 Å². The van der Waals surface area contributed by atoms with Gasteiger partial charge in [0.25, 0.3) is 0 Å². The second kappa shape index (κ2) is 9.71. The average molecular weight is 293 g/mol. The second-order valence-electron chi connectivity index (χ2n) is 4.66. The van der Waals surface area contributed by atoms with Gasteiger partial charge in [-0.15, -0.1) is 0 Å². The Hall–Kier alpha value is -1.15. The van der Waals surface area contributed by atoms with Crippen LogP contribution >= 0.6 is 11.8 Å². The zero-order chi connectivity index (χ0) is 14.8. The van der Waals surface area contributed by atoms with Crippen LogP contribution in [0.4, 0.5) is 0 Å². The molecular weight excluding hydrogens is 270 g/mol. The predicted molar refractivity (Wildman–Crippen MR) is 86.3 cm³/mol. The van der Waals surface area contributed by atoms with Gasteiger partial charge in [-0.25, -0.2) is 0 Å². The van der Waals surface area contributed by atoms with E-state index in [0.29, 0.717) is 6.42 Å². The molecule has 1 aromatic rings. The number of hydrogen-bond donors (Lipinski definition) is 1. The lowest BCUT2D eigenvalue weighted by atomic mass is 10.1. The van der Waals surface area contributed by atoms with Gasteiger partial charge in [-0.05, 0) is 32.3 Å². The first-order chi connectivity index (χ1) is 9.67. The van der Waals surface area contributed by atoms with Gasteiger partial charge >= 0.3 is 0 Å². The molecule has 0 spiro atoms. The maximum absolute atomic E-state index is 8.74. The van der Waals surface area contributed by atoms with Crippen molar-refractivity contribution in [3.63, 3.8) is 0 Å². The summed E-state index contributed by atoms with van der Waals surface area (Å²) in [6.45, 7) is 1.18. The highest BCUT2D eigenvalue weighted by Crippen LogP contribution is 2.24. The number of aliphatic hydroxyl groups is 1. The lowest BCUT2D eigenvalue weighted by Gasteiger charge is -2.11. The van der Waals surface area contributed by atoms with Crippen molar-refractivity contribution in [1.82, 2.24) is 4.90 Å². The summed E-state index contributed by atoms with van der Waals surface area (Å²) in [6.07, 6.45) is 0.513.